The summed E-state index contributed by atoms with van der Waals surface area (Å²) in [5.74, 6) is 1.52. The SMILES string of the molecule is CCCCN1C(=O)/C(=C2/Sc3ccc(Cl)cc3N2C)SC1=Nc1ccc(Oc2ccccc2)cc1. The predicted molar refractivity (Wildman–Crippen MR) is 147 cm³/mol. The highest BCUT2D eigenvalue weighted by molar-refractivity contribution is 8.19. The minimum atomic E-state index is -0.000478. The Morgan fingerprint density at radius 1 is 0.971 bits per heavy atom. The standard InChI is InChI=1S/C27H24ClN3O2S2/c1-3-4-16-31-25(32)24(26-30(2)22-17-18(28)10-15-23(22)34-26)35-27(31)29-19-11-13-21(14-12-19)33-20-8-6-5-7-9-20/h5-15,17H,3-4,16H2,1-2H3/b26-24-,29-27?. The van der Waals surface area contributed by atoms with Crippen molar-refractivity contribution in [2.24, 2.45) is 4.99 Å². The quantitative estimate of drug-likeness (QED) is 0.308. The van der Waals surface area contributed by atoms with Crippen molar-refractivity contribution in [3.63, 3.8) is 0 Å². The van der Waals surface area contributed by atoms with Crippen LogP contribution < -0.4 is 9.64 Å². The first-order valence-corrected chi connectivity index (χ1v) is 13.4. The highest BCUT2D eigenvalue weighted by Gasteiger charge is 2.38. The second-order valence-corrected chi connectivity index (χ2v) is 10.6. The van der Waals surface area contributed by atoms with Crippen LogP contribution in [-0.2, 0) is 4.79 Å². The van der Waals surface area contributed by atoms with Crippen LogP contribution in [0.1, 0.15) is 19.8 Å². The van der Waals surface area contributed by atoms with Gasteiger partial charge >= 0.3 is 0 Å². The highest BCUT2D eigenvalue weighted by atomic mass is 35.5. The summed E-state index contributed by atoms with van der Waals surface area (Å²) >= 11 is 9.25. The Morgan fingerprint density at radius 2 is 1.71 bits per heavy atom. The number of ether oxygens (including phenoxy) is 1. The van der Waals surface area contributed by atoms with Crippen LogP contribution in [0.25, 0.3) is 0 Å². The van der Waals surface area contributed by atoms with Crippen molar-refractivity contribution in [1.29, 1.82) is 0 Å². The predicted octanol–water partition coefficient (Wildman–Crippen LogP) is 7.91. The van der Waals surface area contributed by atoms with Gasteiger partial charge in [-0.1, -0.05) is 54.9 Å². The number of benzene rings is 3. The molecule has 1 amide bonds. The zero-order valence-corrected chi connectivity index (χ0v) is 21.8. The molecule has 1 saturated heterocycles. The highest BCUT2D eigenvalue weighted by Crippen LogP contribution is 2.50. The fraction of sp³-hybridized carbons (Fsp3) is 0.185. The number of amidine groups is 1. The number of amides is 1. The second-order valence-electron chi connectivity index (χ2n) is 8.12. The maximum absolute atomic E-state index is 13.5. The van der Waals surface area contributed by atoms with Crippen LogP contribution >= 0.6 is 35.1 Å². The van der Waals surface area contributed by atoms with E-state index in [0.717, 1.165) is 45.6 Å². The average Bonchev–Trinajstić information content (AvgIpc) is 3.35. The molecule has 178 valence electrons. The Balaban J connectivity index is 1.42. The van der Waals surface area contributed by atoms with Crippen molar-refractivity contribution in [2.75, 3.05) is 18.5 Å². The topological polar surface area (TPSA) is 45.1 Å². The van der Waals surface area contributed by atoms with Gasteiger partial charge in [0.05, 0.1) is 16.4 Å². The van der Waals surface area contributed by atoms with E-state index in [1.807, 2.05) is 84.7 Å². The van der Waals surface area contributed by atoms with Crippen LogP contribution in [0.4, 0.5) is 11.4 Å². The lowest BCUT2D eigenvalue weighted by atomic mass is 10.3. The van der Waals surface area contributed by atoms with E-state index in [0.29, 0.717) is 21.6 Å². The van der Waals surface area contributed by atoms with E-state index in [1.165, 1.54) is 11.8 Å². The molecule has 0 saturated carbocycles. The molecule has 8 heteroatoms. The van der Waals surface area contributed by atoms with Crippen LogP contribution in [-0.4, -0.2) is 29.6 Å². The van der Waals surface area contributed by atoms with Crippen LogP contribution in [0.15, 0.2) is 92.6 Å². The van der Waals surface area contributed by atoms with E-state index in [9.17, 15) is 4.79 Å². The molecule has 0 aliphatic carbocycles. The second kappa shape index (κ2) is 10.4. The molecule has 0 radical (unpaired) electrons. The first-order valence-electron chi connectivity index (χ1n) is 11.4. The summed E-state index contributed by atoms with van der Waals surface area (Å²) in [5, 5.41) is 2.29. The number of anilines is 1. The molecular formula is C27H24ClN3O2S2. The van der Waals surface area contributed by atoms with Crippen molar-refractivity contribution in [1.82, 2.24) is 4.90 Å². The summed E-state index contributed by atoms with van der Waals surface area (Å²) in [7, 11) is 1.97. The molecular weight excluding hydrogens is 498 g/mol. The molecule has 5 rings (SSSR count). The van der Waals surface area contributed by atoms with Crippen molar-refractivity contribution in [2.45, 2.75) is 24.7 Å². The van der Waals surface area contributed by atoms with E-state index < -0.39 is 0 Å². The third kappa shape index (κ3) is 5.08. The normalized spacial score (nSPS) is 18.5. The number of fused-ring (bicyclic) bond motifs is 1. The van der Waals surface area contributed by atoms with E-state index in [1.54, 1.807) is 16.7 Å². The minimum absolute atomic E-state index is 0.000478. The number of halogens is 1. The van der Waals surface area contributed by atoms with Gasteiger partial charge in [0.25, 0.3) is 5.91 Å². The smallest absolute Gasteiger partial charge is 0.269 e. The largest absolute Gasteiger partial charge is 0.457 e. The van der Waals surface area contributed by atoms with Gasteiger partial charge in [-0.15, -0.1) is 0 Å². The molecule has 0 atom stereocenters. The number of para-hydroxylation sites is 1. The summed E-state index contributed by atoms with van der Waals surface area (Å²) in [4.78, 5) is 24.0. The maximum atomic E-state index is 13.5. The molecule has 5 nitrogen and oxygen atoms in total. The number of thioether (sulfide) groups is 2. The summed E-state index contributed by atoms with van der Waals surface area (Å²) < 4.78 is 5.89. The number of unbranched alkanes of at least 4 members (excludes halogenated alkanes) is 1. The van der Waals surface area contributed by atoms with Crippen LogP contribution in [0.2, 0.25) is 5.02 Å². The summed E-state index contributed by atoms with van der Waals surface area (Å²) in [6.45, 7) is 2.76. The fourth-order valence-corrected chi connectivity index (χ4v) is 6.29. The Labute approximate surface area is 218 Å². The van der Waals surface area contributed by atoms with Gasteiger partial charge in [0, 0.05) is 23.5 Å². The molecule has 2 aliphatic heterocycles. The molecule has 0 spiro atoms. The lowest BCUT2D eigenvalue weighted by molar-refractivity contribution is -0.122. The van der Waals surface area contributed by atoms with Gasteiger partial charge < -0.3 is 9.64 Å². The molecule has 0 bridgehead atoms. The Bertz CT molecular complexity index is 1310. The third-order valence-electron chi connectivity index (χ3n) is 5.63. The molecule has 2 heterocycles. The van der Waals surface area contributed by atoms with Crippen molar-refractivity contribution >= 4 is 57.6 Å². The monoisotopic (exact) mass is 521 g/mol. The molecule has 1 fully saturated rings. The van der Waals surface area contributed by atoms with Gasteiger partial charge in [0.15, 0.2) is 5.17 Å². The van der Waals surface area contributed by atoms with Gasteiger partial charge in [-0.3, -0.25) is 9.69 Å². The Morgan fingerprint density at radius 3 is 2.46 bits per heavy atom. The third-order valence-corrected chi connectivity index (χ3v) is 8.29. The van der Waals surface area contributed by atoms with Crippen LogP contribution in [0, 0.1) is 0 Å². The van der Waals surface area contributed by atoms with Gasteiger partial charge in [-0.05, 0) is 72.8 Å². The lowest BCUT2D eigenvalue weighted by Crippen LogP contribution is -2.30. The maximum Gasteiger partial charge on any atom is 0.269 e. The van der Waals surface area contributed by atoms with Gasteiger partial charge in [0.1, 0.15) is 16.4 Å². The van der Waals surface area contributed by atoms with E-state index in [2.05, 4.69) is 6.92 Å². The fourth-order valence-electron chi connectivity index (χ4n) is 3.77. The average molecular weight is 522 g/mol. The molecule has 3 aromatic rings. The number of hydrogen-bond donors (Lipinski definition) is 0. The Kier molecular flexibility index (Phi) is 7.09. The zero-order chi connectivity index (χ0) is 24.4. The van der Waals surface area contributed by atoms with Gasteiger partial charge in [-0.2, -0.15) is 0 Å². The molecule has 0 aromatic heterocycles. The lowest BCUT2D eigenvalue weighted by Gasteiger charge is -2.16. The summed E-state index contributed by atoms with van der Waals surface area (Å²) in [6.07, 6.45) is 1.91. The van der Waals surface area contributed by atoms with Crippen LogP contribution in [0.5, 0.6) is 11.5 Å². The molecule has 3 aromatic carbocycles. The number of carbonyl (C=O) groups excluding carboxylic acids is 1. The van der Waals surface area contributed by atoms with Crippen molar-refractivity contribution < 1.29 is 9.53 Å². The van der Waals surface area contributed by atoms with E-state index in [-0.39, 0.29) is 5.91 Å². The van der Waals surface area contributed by atoms with E-state index >= 15 is 0 Å². The Hall–Kier alpha value is -2.87. The molecule has 0 N–H and O–H groups in total. The minimum Gasteiger partial charge on any atom is -0.457 e. The molecule has 35 heavy (non-hydrogen) atoms. The number of carbonyl (C=O) groups is 1. The van der Waals surface area contributed by atoms with Crippen molar-refractivity contribution in [3.05, 3.63) is 87.8 Å². The summed E-state index contributed by atoms with van der Waals surface area (Å²) in [5.41, 5.74) is 1.79. The summed E-state index contributed by atoms with van der Waals surface area (Å²) in [6, 6.07) is 23.1. The molecule has 0 unspecified atom stereocenters. The number of hydrogen-bond acceptors (Lipinski definition) is 6. The number of nitrogens with zero attached hydrogens (tertiary/aromatic N) is 3. The number of aliphatic imine (C=N–C) groups is 1. The zero-order valence-electron chi connectivity index (χ0n) is 19.4. The van der Waals surface area contributed by atoms with Gasteiger partial charge in [0.2, 0.25) is 0 Å². The first kappa shape index (κ1) is 23.9. The van der Waals surface area contributed by atoms with Crippen LogP contribution in [0.3, 0.4) is 0 Å². The van der Waals surface area contributed by atoms with Crippen molar-refractivity contribution in [3.8, 4) is 11.5 Å². The van der Waals surface area contributed by atoms with E-state index in [4.69, 9.17) is 21.3 Å². The first-order chi connectivity index (χ1) is 17.0. The van der Waals surface area contributed by atoms with Gasteiger partial charge in [-0.25, -0.2) is 4.99 Å². The number of rotatable bonds is 6. The molecule has 2 aliphatic rings.